The molecule has 2 aromatic heterocycles. The second-order valence-electron chi connectivity index (χ2n) is 7.06. The molecule has 0 bridgehead atoms. The molecule has 2 N–H and O–H groups in total. The fourth-order valence-electron chi connectivity index (χ4n) is 2.74. The Morgan fingerprint density at radius 3 is 2.52 bits per heavy atom. The van der Waals surface area contributed by atoms with Crippen LogP contribution in [0.3, 0.4) is 0 Å². The number of nitrogens with one attached hydrogen (secondary N) is 1. The van der Waals surface area contributed by atoms with Gasteiger partial charge >= 0.3 is 0 Å². The van der Waals surface area contributed by atoms with Gasteiger partial charge in [0.15, 0.2) is 5.01 Å². The second-order valence-corrected chi connectivity index (χ2v) is 8.04. The lowest BCUT2D eigenvalue weighted by atomic mass is 10.0. The molecule has 0 atom stereocenters. The fourth-order valence-corrected chi connectivity index (χ4v) is 3.53. The summed E-state index contributed by atoms with van der Waals surface area (Å²) < 4.78 is 0. The molecule has 6 nitrogen and oxygen atoms in total. The molecule has 0 unspecified atom stereocenters. The normalized spacial score (nSPS) is 11.2. The summed E-state index contributed by atoms with van der Waals surface area (Å²) in [7, 11) is 0. The smallest absolute Gasteiger partial charge is 0.223 e. The van der Waals surface area contributed by atoms with Crippen LogP contribution in [-0.4, -0.2) is 31.8 Å². The van der Waals surface area contributed by atoms with Crippen LogP contribution in [0, 0.1) is 19.8 Å². The van der Waals surface area contributed by atoms with E-state index >= 15 is 0 Å². The van der Waals surface area contributed by atoms with Crippen molar-refractivity contribution in [2.24, 2.45) is 5.92 Å². The molecule has 0 aliphatic rings. The van der Waals surface area contributed by atoms with Crippen molar-refractivity contribution in [3.8, 4) is 27.0 Å². The number of rotatable bonds is 6. The van der Waals surface area contributed by atoms with Crippen molar-refractivity contribution in [3.63, 3.8) is 0 Å². The predicted molar refractivity (Wildman–Crippen MR) is 110 cm³/mol. The standard InChI is InChI=1S/C20H25N5OS/c1-6-14-9-15(7-12(4)17(14)26)18-24-25-19(27-18)16-8-13(5)22-20(23-16)21-10-11(2)3/h7-9,11,26H,6,10H2,1-5H3,(H,21,22,23). The largest absolute Gasteiger partial charge is 0.507 e. The zero-order valence-corrected chi connectivity index (χ0v) is 17.2. The van der Waals surface area contributed by atoms with Crippen molar-refractivity contribution in [1.82, 2.24) is 20.2 Å². The van der Waals surface area contributed by atoms with Crippen LogP contribution in [0.2, 0.25) is 0 Å². The molecule has 2 heterocycles. The number of aromatic nitrogens is 4. The average Bonchev–Trinajstić information content (AvgIpc) is 3.12. The van der Waals surface area contributed by atoms with E-state index in [4.69, 9.17) is 0 Å². The van der Waals surface area contributed by atoms with Crippen LogP contribution in [0.5, 0.6) is 5.75 Å². The Bertz CT molecular complexity index is 952. The van der Waals surface area contributed by atoms with Crippen molar-refractivity contribution in [2.75, 3.05) is 11.9 Å². The van der Waals surface area contributed by atoms with Gasteiger partial charge in [-0.15, -0.1) is 10.2 Å². The molecule has 0 fully saturated rings. The molecule has 0 radical (unpaired) electrons. The van der Waals surface area contributed by atoms with E-state index in [1.807, 2.05) is 39.0 Å². The topological polar surface area (TPSA) is 83.8 Å². The molecule has 0 saturated carbocycles. The first-order valence-electron chi connectivity index (χ1n) is 9.13. The van der Waals surface area contributed by atoms with E-state index in [1.165, 1.54) is 11.3 Å². The Labute approximate surface area is 163 Å². The molecule has 142 valence electrons. The molecule has 0 amide bonds. The molecule has 7 heteroatoms. The van der Waals surface area contributed by atoms with Gasteiger partial charge in [-0.05, 0) is 55.5 Å². The number of benzene rings is 1. The Morgan fingerprint density at radius 2 is 1.81 bits per heavy atom. The highest BCUT2D eigenvalue weighted by Crippen LogP contribution is 2.34. The monoisotopic (exact) mass is 383 g/mol. The minimum atomic E-state index is 0.360. The third-order valence-corrected chi connectivity index (χ3v) is 5.17. The number of anilines is 1. The lowest BCUT2D eigenvalue weighted by molar-refractivity contribution is 0.465. The molecule has 0 aliphatic carbocycles. The zero-order valence-electron chi connectivity index (χ0n) is 16.4. The van der Waals surface area contributed by atoms with Crippen molar-refractivity contribution < 1.29 is 5.11 Å². The average molecular weight is 384 g/mol. The summed E-state index contributed by atoms with van der Waals surface area (Å²) in [6.45, 7) is 11.0. The van der Waals surface area contributed by atoms with Crippen LogP contribution in [0.15, 0.2) is 18.2 Å². The number of phenolic OH excluding ortho intramolecular Hbond substituents is 1. The SMILES string of the molecule is CCc1cc(-c2nnc(-c3cc(C)nc(NCC(C)C)n3)s2)cc(C)c1O. The summed E-state index contributed by atoms with van der Waals surface area (Å²) >= 11 is 1.49. The van der Waals surface area contributed by atoms with Crippen molar-refractivity contribution in [2.45, 2.75) is 41.0 Å². The van der Waals surface area contributed by atoms with Gasteiger partial charge in [-0.3, -0.25) is 0 Å². The Hall–Kier alpha value is -2.54. The van der Waals surface area contributed by atoms with Crippen LogP contribution >= 0.6 is 11.3 Å². The highest BCUT2D eigenvalue weighted by Gasteiger charge is 2.14. The summed E-state index contributed by atoms with van der Waals surface area (Å²) in [4.78, 5) is 9.04. The third kappa shape index (κ3) is 4.42. The van der Waals surface area contributed by atoms with Crippen molar-refractivity contribution in [1.29, 1.82) is 0 Å². The van der Waals surface area contributed by atoms with Gasteiger partial charge in [0.2, 0.25) is 5.95 Å². The molecular weight excluding hydrogens is 358 g/mol. The van der Waals surface area contributed by atoms with Crippen LogP contribution in [0.1, 0.15) is 37.6 Å². The van der Waals surface area contributed by atoms with E-state index in [0.717, 1.165) is 51.1 Å². The van der Waals surface area contributed by atoms with Gasteiger partial charge in [-0.2, -0.15) is 0 Å². The van der Waals surface area contributed by atoms with Gasteiger partial charge < -0.3 is 10.4 Å². The number of aryl methyl sites for hydroxylation is 3. The molecular formula is C20H25N5OS. The molecule has 0 spiro atoms. The predicted octanol–water partition coefficient (Wildman–Crippen LogP) is 4.61. The molecule has 0 saturated heterocycles. The number of hydrogen-bond acceptors (Lipinski definition) is 7. The van der Waals surface area contributed by atoms with Gasteiger partial charge in [-0.25, -0.2) is 9.97 Å². The van der Waals surface area contributed by atoms with E-state index in [-0.39, 0.29) is 0 Å². The van der Waals surface area contributed by atoms with E-state index in [2.05, 4.69) is 39.3 Å². The van der Waals surface area contributed by atoms with E-state index < -0.39 is 0 Å². The fraction of sp³-hybridized carbons (Fsp3) is 0.400. The van der Waals surface area contributed by atoms with Crippen LogP contribution < -0.4 is 5.32 Å². The number of phenols is 1. The molecule has 0 aliphatic heterocycles. The minimum absolute atomic E-state index is 0.360. The highest BCUT2D eigenvalue weighted by molar-refractivity contribution is 7.17. The van der Waals surface area contributed by atoms with Crippen LogP contribution in [0.25, 0.3) is 21.3 Å². The van der Waals surface area contributed by atoms with Gasteiger partial charge in [0.05, 0.1) is 0 Å². The maximum Gasteiger partial charge on any atom is 0.223 e. The van der Waals surface area contributed by atoms with Crippen molar-refractivity contribution >= 4 is 17.3 Å². The zero-order chi connectivity index (χ0) is 19.6. The Balaban J connectivity index is 1.93. The molecule has 3 rings (SSSR count). The van der Waals surface area contributed by atoms with Crippen LogP contribution in [-0.2, 0) is 6.42 Å². The first kappa shape index (κ1) is 19.2. The summed E-state index contributed by atoms with van der Waals surface area (Å²) in [5.74, 6) is 1.48. The van der Waals surface area contributed by atoms with E-state index in [9.17, 15) is 5.11 Å². The van der Waals surface area contributed by atoms with E-state index in [1.54, 1.807) is 0 Å². The van der Waals surface area contributed by atoms with Gasteiger partial charge in [0.25, 0.3) is 0 Å². The first-order valence-corrected chi connectivity index (χ1v) is 9.95. The maximum atomic E-state index is 10.1. The Kier molecular flexibility index (Phi) is 5.70. The van der Waals surface area contributed by atoms with Gasteiger partial charge in [0.1, 0.15) is 16.5 Å². The molecule has 3 aromatic rings. The maximum absolute atomic E-state index is 10.1. The number of aromatic hydroxyl groups is 1. The minimum Gasteiger partial charge on any atom is -0.507 e. The van der Waals surface area contributed by atoms with Gasteiger partial charge in [-0.1, -0.05) is 32.1 Å². The van der Waals surface area contributed by atoms with Crippen LogP contribution in [0.4, 0.5) is 5.95 Å². The molecule has 1 aromatic carbocycles. The van der Waals surface area contributed by atoms with Gasteiger partial charge in [0, 0.05) is 17.8 Å². The second kappa shape index (κ2) is 8.00. The molecule has 27 heavy (non-hydrogen) atoms. The summed E-state index contributed by atoms with van der Waals surface area (Å²) in [6, 6.07) is 5.84. The lowest BCUT2D eigenvalue weighted by Gasteiger charge is -2.08. The summed E-state index contributed by atoms with van der Waals surface area (Å²) in [5, 5.41) is 23.7. The van der Waals surface area contributed by atoms with Crippen molar-refractivity contribution in [3.05, 3.63) is 35.0 Å². The van der Waals surface area contributed by atoms with E-state index in [0.29, 0.717) is 17.6 Å². The first-order chi connectivity index (χ1) is 12.9. The number of nitrogens with zero attached hydrogens (tertiary/aromatic N) is 4. The summed E-state index contributed by atoms with van der Waals surface area (Å²) in [6.07, 6.45) is 0.766. The lowest BCUT2D eigenvalue weighted by Crippen LogP contribution is -2.11. The Morgan fingerprint density at radius 1 is 1.07 bits per heavy atom. The third-order valence-electron chi connectivity index (χ3n) is 4.17. The highest BCUT2D eigenvalue weighted by atomic mass is 32.1. The number of hydrogen-bond donors (Lipinski definition) is 2. The summed E-state index contributed by atoms with van der Waals surface area (Å²) in [5.41, 5.74) is 4.38. The quantitative estimate of drug-likeness (QED) is 0.646.